The highest BCUT2D eigenvalue weighted by Gasteiger charge is 2.31. The lowest BCUT2D eigenvalue weighted by molar-refractivity contribution is -0.127. The van der Waals surface area contributed by atoms with Gasteiger partial charge in [0.15, 0.2) is 15.5 Å². The van der Waals surface area contributed by atoms with Crippen LogP contribution in [-0.2, 0) is 16.3 Å². The highest BCUT2D eigenvalue weighted by molar-refractivity contribution is 7.90. The van der Waals surface area contributed by atoms with Crippen LogP contribution in [0, 0.1) is 11.8 Å². The van der Waals surface area contributed by atoms with Crippen molar-refractivity contribution in [3.05, 3.63) is 47.9 Å². The summed E-state index contributed by atoms with van der Waals surface area (Å²) in [6.45, 7) is 1.01. The number of hydrogen-bond donors (Lipinski definition) is 2. The lowest BCUT2D eigenvalue weighted by Crippen LogP contribution is -2.46. The van der Waals surface area contributed by atoms with Crippen LogP contribution in [0.4, 0.5) is 28.9 Å². The topological polar surface area (TPSA) is 88.0 Å². The summed E-state index contributed by atoms with van der Waals surface area (Å²) in [7, 11) is -0.157. The summed E-state index contributed by atoms with van der Waals surface area (Å²) in [4.78, 5) is 6.17. The van der Waals surface area contributed by atoms with Crippen LogP contribution in [0.5, 0.6) is 5.75 Å². The maximum Gasteiger partial charge on any atom is 0.394 e. The summed E-state index contributed by atoms with van der Waals surface area (Å²) < 4.78 is 84.7. The summed E-state index contributed by atoms with van der Waals surface area (Å²) >= 11 is 0. The van der Waals surface area contributed by atoms with E-state index in [1.54, 1.807) is 6.07 Å². The molecule has 210 valence electrons. The number of pyridine rings is 1. The Kier molecular flexibility index (Phi) is 8.27. The zero-order valence-corrected chi connectivity index (χ0v) is 22.5. The van der Waals surface area contributed by atoms with Gasteiger partial charge in [-0.2, -0.15) is 13.2 Å². The number of aromatic nitrogens is 2. The number of likely N-dealkylation sites (tertiary alicyclic amines) is 1. The molecule has 1 aliphatic rings. The molecule has 8 nitrogen and oxygen atoms in total. The van der Waals surface area contributed by atoms with Gasteiger partial charge in [-0.25, -0.2) is 17.8 Å². The molecule has 0 spiro atoms. The average molecular weight is 568 g/mol. The minimum Gasteiger partial charge on any atom is -0.495 e. The SMILES string of the molecule is COc1ccc(S(C)(=O)=O)cc1NCC#Cc1cc(N[C@H]2CCN(C)C[C@@H]2F)c2ncc(CC(F)(F)F)n2c1. The maximum absolute atomic E-state index is 14.7. The molecule has 3 heterocycles. The van der Waals surface area contributed by atoms with E-state index >= 15 is 0 Å². The van der Waals surface area contributed by atoms with Gasteiger partial charge in [-0.05, 0) is 37.7 Å². The number of alkyl halides is 4. The van der Waals surface area contributed by atoms with Gasteiger partial charge in [-0.1, -0.05) is 11.8 Å². The molecule has 2 aromatic heterocycles. The Morgan fingerprint density at radius 1 is 1.23 bits per heavy atom. The van der Waals surface area contributed by atoms with Gasteiger partial charge in [0, 0.05) is 37.3 Å². The normalized spacial score (nSPS) is 18.4. The minimum absolute atomic E-state index is 0.0650. The number of nitrogens with zero attached hydrogens (tertiary/aromatic N) is 3. The number of fused-ring (bicyclic) bond motifs is 1. The largest absolute Gasteiger partial charge is 0.495 e. The van der Waals surface area contributed by atoms with E-state index < -0.39 is 34.6 Å². The first-order valence-corrected chi connectivity index (χ1v) is 14.0. The van der Waals surface area contributed by atoms with Crippen LogP contribution in [0.3, 0.4) is 0 Å². The highest BCUT2D eigenvalue weighted by atomic mass is 32.2. The van der Waals surface area contributed by atoms with Crippen molar-refractivity contribution in [1.29, 1.82) is 0 Å². The van der Waals surface area contributed by atoms with Crippen LogP contribution in [0.1, 0.15) is 17.7 Å². The maximum atomic E-state index is 14.7. The number of piperidine rings is 1. The molecule has 13 heteroatoms. The first kappa shape index (κ1) is 28.5. The smallest absolute Gasteiger partial charge is 0.394 e. The third-order valence-electron chi connectivity index (χ3n) is 6.35. The molecule has 0 bridgehead atoms. The molecule has 0 aliphatic carbocycles. The zero-order chi connectivity index (χ0) is 28.4. The van der Waals surface area contributed by atoms with Crippen LogP contribution >= 0.6 is 0 Å². The molecule has 2 N–H and O–H groups in total. The van der Waals surface area contributed by atoms with E-state index in [9.17, 15) is 26.0 Å². The van der Waals surface area contributed by atoms with Crippen molar-refractivity contribution >= 4 is 26.9 Å². The van der Waals surface area contributed by atoms with E-state index in [-0.39, 0.29) is 29.3 Å². The third kappa shape index (κ3) is 7.13. The molecule has 39 heavy (non-hydrogen) atoms. The second-order valence-electron chi connectivity index (χ2n) is 9.48. The van der Waals surface area contributed by atoms with Gasteiger partial charge in [0.1, 0.15) is 11.9 Å². The number of hydrogen-bond acceptors (Lipinski definition) is 7. The van der Waals surface area contributed by atoms with Gasteiger partial charge in [-0.15, -0.1) is 0 Å². The average Bonchev–Trinajstić information content (AvgIpc) is 3.24. The number of sulfone groups is 1. The fourth-order valence-corrected chi connectivity index (χ4v) is 5.05. The van der Waals surface area contributed by atoms with E-state index in [4.69, 9.17) is 4.74 Å². The molecular weight excluding hydrogens is 538 g/mol. The molecule has 0 unspecified atom stereocenters. The summed E-state index contributed by atoms with van der Waals surface area (Å²) in [5, 5.41) is 6.15. The van der Waals surface area contributed by atoms with Crippen LogP contribution in [0.15, 0.2) is 41.6 Å². The van der Waals surface area contributed by atoms with E-state index in [0.29, 0.717) is 35.7 Å². The third-order valence-corrected chi connectivity index (χ3v) is 7.46. The summed E-state index contributed by atoms with van der Waals surface area (Å²) in [6.07, 6.45) is -2.53. The molecule has 1 saturated heterocycles. The molecular formula is C26H29F4N5O3S. The molecule has 2 atom stereocenters. The van der Waals surface area contributed by atoms with Crippen molar-refractivity contribution in [2.45, 2.75) is 36.1 Å². The van der Waals surface area contributed by atoms with Crippen molar-refractivity contribution in [2.24, 2.45) is 0 Å². The van der Waals surface area contributed by atoms with Gasteiger partial charge >= 0.3 is 6.18 Å². The zero-order valence-electron chi connectivity index (χ0n) is 21.6. The Labute approximate surface area is 224 Å². The monoisotopic (exact) mass is 567 g/mol. The van der Waals surface area contributed by atoms with E-state index in [2.05, 4.69) is 27.5 Å². The van der Waals surface area contributed by atoms with Crippen LogP contribution < -0.4 is 15.4 Å². The van der Waals surface area contributed by atoms with Crippen molar-refractivity contribution in [3.63, 3.8) is 0 Å². The van der Waals surface area contributed by atoms with Crippen molar-refractivity contribution in [3.8, 4) is 17.6 Å². The molecule has 1 aromatic carbocycles. The Morgan fingerprint density at radius 3 is 2.67 bits per heavy atom. The predicted molar refractivity (Wildman–Crippen MR) is 141 cm³/mol. The second kappa shape index (κ2) is 11.3. The van der Waals surface area contributed by atoms with Gasteiger partial charge in [-0.3, -0.25) is 0 Å². The number of anilines is 2. The van der Waals surface area contributed by atoms with Crippen LogP contribution in [-0.4, -0.2) is 81.1 Å². The first-order valence-electron chi connectivity index (χ1n) is 12.1. The van der Waals surface area contributed by atoms with Crippen molar-refractivity contribution in [2.75, 3.05) is 50.7 Å². The van der Waals surface area contributed by atoms with Crippen molar-refractivity contribution in [1.82, 2.24) is 14.3 Å². The number of nitrogens with one attached hydrogen (secondary N) is 2. The summed E-state index contributed by atoms with van der Waals surface area (Å²) in [6, 6.07) is 5.52. The number of methoxy groups -OCH3 is 1. The molecule has 1 aliphatic heterocycles. The fraction of sp³-hybridized carbons (Fsp3) is 0.423. The molecule has 4 rings (SSSR count). The molecule has 1 fully saturated rings. The molecule has 3 aromatic rings. The number of halogens is 4. The first-order chi connectivity index (χ1) is 18.3. The number of rotatable bonds is 7. The van der Waals surface area contributed by atoms with Gasteiger partial charge in [0.25, 0.3) is 0 Å². The van der Waals surface area contributed by atoms with Crippen LogP contribution in [0.25, 0.3) is 5.65 Å². The van der Waals surface area contributed by atoms with E-state index in [1.165, 1.54) is 35.9 Å². The Bertz CT molecular complexity index is 1510. The fourth-order valence-electron chi connectivity index (χ4n) is 4.41. The van der Waals surface area contributed by atoms with Crippen LogP contribution in [0.2, 0.25) is 0 Å². The molecule has 0 amide bonds. The van der Waals surface area contributed by atoms with E-state index in [0.717, 1.165) is 12.5 Å². The van der Waals surface area contributed by atoms with Gasteiger partial charge in [0.2, 0.25) is 0 Å². The summed E-state index contributed by atoms with van der Waals surface area (Å²) in [5.41, 5.74) is 1.40. The summed E-state index contributed by atoms with van der Waals surface area (Å²) in [5.74, 6) is 6.24. The number of imidazole rings is 1. The lowest BCUT2D eigenvalue weighted by Gasteiger charge is -2.33. The Hall–Kier alpha value is -3.50. The lowest BCUT2D eigenvalue weighted by atomic mass is 10.0. The van der Waals surface area contributed by atoms with Crippen molar-refractivity contribution < 1.29 is 30.7 Å². The molecule has 0 radical (unpaired) electrons. The van der Waals surface area contributed by atoms with E-state index in [1.807, 2.05) is 11.9 Å². The number of ether oxygens (including phenoxy) is 1. The number of benzene rings is 1. The Balaban J connectivity index is 1.62. The standard InChI is InChI=1S/C26H29F4N5O3S/c1-34-10-8-21(20(27)16-34)33-23-11-17(15-35-18(13-26(28,29)30)14-32-25(23)35)5-4-9-31-22-12-19(39(3,36)37)6-7-24(22)38-2/h6-7,11-12,14-15,20-21,31,33H,8-10,13,16H2,1-3H3/t20-,21-/m0/s1. The predicted octanol–water partition coefficient (Wildman–Crippen LogP) is 3.77. The van der Waals surface area contributed by atoms with Gasteiger partial charge < -0.3 is 24.7 Å². The molecule has 0 saturated carbocycles. The quantitative estimate of drug-likeness (QED) is 0.332. The minimum atomic E-state index is -4.44. The second-order valence-corrected chi connectivity index (χ2v) is 11.5. The Morgan fingerprint density at radius 2 is 2.00 bits per heavy atom. The van der Waals surface area contributed by atoms with Gasteiger partial charge in [0.05, 0.1) is 48.1 Å². The highest BCUT2D eigenvalue weighted by Crippen LogP contribution is 2.28.